The topological polar surface area (TPSA) is 56.9 Å². The van der Waals surface area contributed by atoms with E-state index in [2.05, 4.69) is 10.4 Å². The first kappa shape index (κ1) is 15.4. The number of hydrogen-bond donors (Lipinski definition) is 2. The van der Waals surface area contributed by atoms with Crippen LogP contribution >= 0.6 is 0 Å². The van der Waals surface area contributed by atoms with Gasteiger partial charge in [0.1, 0.15) is 0 Å². The van der Waals surface area contributed by atoms with Gasteiger partial charge in [-0.1, -0.05) is 12.8 Å². The Balaban J connectivity index is 1.85. The molecule has 20 heavy (non-hydrogen) atoms. The van der Waals surface area contributed by atoms with E-state index in [0.717, 1.165) is 12.8 Å². The monoisotopic (exact) mass is 293 g/mol. The third-order valence-electron chi connectivity index (χ3n) is 3.83. The van der Waals surface area contributed by atoms with Crippen molar-refractivity contribution >= 4 is 5.96 Å². The first-order valence-electron chi connectivity index (χ1n) is 7.06. The number of halogens is 3. The number of nitrogens with zero attached hydrogens (tertiary/aromatic N) is 3. The predicted molar refractivity (Wildman–Crippen MR) is 71.1 cm³/mol. The van der Waals surface area contributed by atoms with E-state index >= 15 is 0 Å². The van der Waals surface area contributed by atoms with Crippen LogP contribution in [-0.2, 0) is 0 Å². The molecule has 0 aromatic heterocycles. The van der Waals surface area contributed by atoms with Gasteiger partial charge in [-0.15, -0.1) is 0 Å². The summed E-state index contributed by atoms with van der Waals surface area (Å²) in [6.45, 7) is 0.958. The highest BCUT2D eigenvalue weighted by Gasteiger charge is 2.32. The van der Waals surface area contributed by atoms with Crippen LogP contribution in [0.5, 0.6) is 0 Å². The van der Waals surface area contributed by atoms with Gasteiger partial charge < -0.3 is 4.90 Å². The molecule has 0 amide bonds. The van der Waals surface area contributed by atoms with E-state index in [1.807, 2.05) is 4.90 Å². The molecule has 1 aliphatic heterocycles. The van der Waals surface area contributed by atoms with Crippen molar-refractivity contribution in [2.24, 2.45) is 10.8 Å². The highest BCUT2D eigenvalue weighted by atomic mass is 19.4. The summed E-state index contributed by atoms with van der Waals surface area (Å²) >= 11 is 0. The van der Waals surface area contributed by atoms with Crippen LogP contribution in [0, 0.1) is 0 Å². The van der Waals surface area contributed by atoms with Gasteiger partial charge in [0.2, 0.25) is 5.96 Å². The number of alkyl halides is 3. The van der Waals surface area contributed by atoms with E-state index in [-0.39, 0.29) is 0 Å². The number of guanidine groups is 1. The molecule has 8 heteroatoms. The van der Waals surface area contributed by atoms with Gasteiger partial charge in [-0.3, -0.25) is 10.3 Å². The molecule has 3 N–H and O–H groups in total. The summed E-state index contributed by atoms with van der Waals surface area (Å²) in [5.41, 5.74) is 2.60. The molecule has 5 nitrogen and oxygen atoms in total. The summed E-state index contributed by atoms with van der Waals surface area (Å²) in [5, 5.41) is 0. The van der Waals surface area contributed by atoms with Crippen molar-refractivity contribution in [1.29, 1.82) is 0 Å². The summed E-state index contributed by atoms with van der Waals surface area (Å²) in [6, 6.07) is 0.300. The number of aliphatic imine (C=N–C) groups is 1. The molecular weight excluding hydrogens is 271 g/mol. The van der Waals surface area contributed by atoms with Crippen molar-refractivity contribution in [3.05, 3.63) is 0 Å². The Hall–Kier alpha value is -1.02. The quantitative estimate of drug-likeness (QED) is 0.344. The zero-order chi connectivity index (χ0) is 14.6. The van der Waals surface area contributed by atoms with E-state index in [1.54, 1.807) is 0 Å². The average molecular weight is 293 g/mol. The fraction of sp³-hybridized carbons (Fsp3) is 0.917. The predicted octanol–water partition coefficient (Wildman–Crippen LogP) is 0.928. The second-order valence-electron chi connectivity index (χ2n) is 5.41. The van der Waals surface area contributed by atoms with Crippen molar-refractivity contribution in [3.8, 4) is 0 Å². The highest BCUT2D eigenvalue weighted by molar-refractivity contribution is 5.79. The molecule has 116 valence electrons. The maximum atomic E-state index is 12.3. The van der Waals surface area contributed by atoms with Crippen molar-refractivity contribution in [3.63, 3.8) is 0 Å². The first-order chi connectivity index (χ1) is 9.48. The molecule has 2 rings (SSSR count). The van der Waals surface area contributed by atoms with Crippen LogP contribution in [0.1, 0.15) is 25.7 Å². The standard InChI is InChI=1S/C12H22F3N5/c13-12(14,15)9-19-5-7-20(8-6-19)11(18-16)17-10-3-1-2-4-10/h10H,1-9,16H2,(H,17,18). The molecule has 1 saturated heterocycles. The maximum absolute atomic E-state index is 12.3. The van der Waals surface area contributed by atoms with E-state index in [9.17, 15) is 13.2 Å². The molecule has 0 radical (unpaired) electrons. The Bertz CT molecular complexity index is 330. The Morgan fingerprint density at radius 1 is 1.15 bits per heavy atom. The molecule has 1 heterocycles. The number of hydrazine groups is 1. The average Bonchev–Trinajstić information content (AvgIpc) is 2.88. The van der Waals surface area contributed by atoms with Crippen molar-refractivity contribution < 1.29 is 13.2 Å². The van der Waals surface area contributed by atoms with Gasteiger partial charge in [0.05, 0.1) is 12.6 Å². The van der Waals surface area contributed by atoms with E-state index in [1.165, 1.54) is 17.7 Å². The van der Waals surface area contributed by atoms with Gasteiger partial charge in [-0.2, -0.15) is 13.2 Å². The van der Waals surface area contributed by atoms with Crippen LogP contribution in [0.2, 0.25) is 0 Å². The molecular formula is C12H22F3N5. The zero-order valence-corrected chi connectivity index (χ0v) is 11.5. The zero-order valence-electron chi connectivity index (χ0n) is 11.5. The molecule has 2 fully saturated rings. The molecule has 2 aliphatic rings. The number of nitrogens with two attached hydrogens (primary N) is 1. The molecule has 0 aromatic carbocycles. The Kier molecular flexibility index (Phi) is 5.09. The van der Waals surface area contributed by atoms with Gasteiger partial charge in [0.15, 0.2) is 0 Å². The Morgan fingerprint density at radius 3 is 2.25 bits per heavy atom. The lowest BCUT2D eigenvalue weighted by Gasteiger charge is -2.36. The minimum atomic E-state index is -4.13. The minimum Gasteiger partial charge on any atom is -0.339 e. The largest absolute Gasteiger partial charge is 0.401 e. The van der Waals surface area contributed by atoms with Gasteiger partial charge in [-0.05, 0) is 12.8 Å². The highest BCUT2D eigenvalue weighted by Crippen LogP contribution is 2.21. The van der Waals surface area contributed by atoms with E-state index in [4.69, 9.17) is 5.84 Å². The summed E-state index contributed by atoms with van der Waals surface area (Å²) in [5.74, 6) is 6.12. The third-order valence-corrected chi connectivity index (χ3v) is 3.83. The van der Waals surface area contributed by atoms with Gasteiger partial charge >= 0.3 is 6.18 Å². The van der Waals surface area contributed by atoms with Crippen LogP contribution in [-0.4, -0.2) is 60.7 Å². The summed E-state index contributed by atoms with van der Waals surface area (Å²) in [4.78, 5) is 7.94. The fourth-order valence-corrected chi connectivity index (χ4v) is 2.79. The van der Waals surface area contributed by atoms with Crippen LogP contribution in [0.15, 0.2) is 4.99 Å². The first-order valence-corrected chi connectivity index (χ1v) is 7.06. The minimum absolute atomic E-state index is 0.300. The van der Waals surface area contributed by atoms with Crippen molar-refractivity contribution in [2.45, 2.75) is 37.9 Å². The van der Waals surface area contributed by atoms with Crippen LogP contribution in [0.3, 0.4) is 0 Å². The lowest BCUT2D eigenvalue weighted by atomic mass is 10.3. The number of nitrogens with one attached hydrogen (secondary N) is 1. The fourth-order valence-electron chi connectivity index (χ4n) is 2.79. The number of rotatable bonds is 2. The Labute approximate surface area is 117 Å². The van der Waals surface area contributed by atoms with Crippen molar-refractivity contribution in [1.82, 2.24) is 15.2 Å². The van der Waals surface area contributed by atoms with Gasteiger partial charge in [0.25, 0.3) is 0 Å². The molecule has 1 saturated carbocycles. The maximum Gasteiger partial charge on any atom is 0.401 e. The van der Waals surface area contributed by atoms with E-state index < -0.39 is 12.7 Å². The van der Waals surface area contributed by atoms with Gasteiger partial charge in [-0.25, -0.2) is 10.8 Å². The van der Waals surface area contributed by atoms with Crippen LogP contribution in [0.25, 0.3) is 0 Å². The molecule has 0 atom stereocenters. The Morgan fingerprint density at radius 2 is 1.75 bits per heavy atom. The molecule has 0 aromatic rings. The van der Waals surface area contributed by atoms with Crippen molar-refractivity contribution in [2.75, 3.05) is 32.7 Å². The second-order valence-corrected chi connectivity index (χ2v) is 5.41. The number of hydrogen-bond acceptors (Lipinski definition) is 3. The third kappa shape index (κ3) is 4.52. The molecule has 0 bridgehead atoms. The smallest absolute Gasteiger partial charge is 0.339 e. The molecule has 0 unspecified atom stereocenters. The summed E-state index contributed by atoms with van der Waals surface area (Å²) in [7, 11) is 0. The normalized spacial score (nSPS) is 23.4. The lowest BCUT2D eigenvalue weighted by molar-refractivity contribution is -0.148. The van der Waals surface area contributed by atoms with E-state index in [0.29, 0.717) is 38.2 Å². The lowest BCUT2D eigenvalue weighted by Crippen LogP contribution is -2.55. The molecule has 0 spiro atoms. The second kappa shape index (κ2) is 6.62. The van der Waals surface area contributed by atoms with Gasteiger partial charge in [0, 0.05) is 26.2 Å². The SMILES string of the molecule is NNC(=NC1CCCC1)N1CCN(CC(F)(F)F)CC1. The molecule has 1 aliphatic carbocycles. The number of piperazine rings is 1. The summed E-state index contributed by atoms with van der Waals surface area (Å²) in [6.07, 6.45) is 0.379. The summed E-state index contributed by atoms with van der Waals surface area (Å²) < 4.78 is 37.0. The van der Waals surface area contributed by atoms with Crippen LogP contribution < -0.4 is 11.3 Å². The van der Waals surface area contributed by atoms with Crippen LogP contribution in [0.4, 0.5) is 13.2 Å².